The monoisotopic (exact) mass is 264 g/mol. The van der Waals surface area contributed by atoms with E-state index in [9.17, 15) is 9.90 Å². The highest BCUT2D eigenvalue weighted by Crippen LogP contribution is 2.16. The van der Waals surface area contributed by atoms with Crippen LogP contribution in [0.4, 0.5) is 10.5 Å². The van der Waals surface area contributed by atoms with Crippen LogP contribution in [0.15, 0.2) is 18.2 Å². The maximum Gasteiger partial charge on any atom is 0.319 e. The molecule has 1 rings (SSSR count). The van der Waals surface area contributed by atoms with E-state index in [4.69, 9.17) is 0 Å². The number of carbonyl (C=O) groups is 1. The van der Waals surface area contributed by atoms with Gasteiger partial charge in [-0.25, -0.2) is 4.79 Å². The maximum atomic E-state index is 11.7. The molecule has 3 N–H and O–H groups in total. The second-order valence-corrected chi connectivity index (χ2v) is 5.44. The van der Waals surface area contributed by atoms with Crippen molar-refractivity contribution < 1.29 is 9.90 Å². The predicted molar refractivity (Wildman–Crippen MR) is 78.4 cm³/mol. The summed E-state index contributed by atoms with van der Waals surface area (Å²) in [7, 11) is 0. The molecule has 0 radical (unpaired) electrons. The quantitative estimate of drug-likeness (QED) is 0.766. The van der Waals surface area contributed by atoms with Gasteiger partial charge in [-0.1, -0.05) is 26.0 Å². The van der Waals surface area contributed by atoms with E-state index in [2.05, 4.69) is 10.6 Å². The molecule has 1 atom stereocenters. The minimum atomic E-state index is -0.496. The summed E-state index contributed by atoms with van der Waals surface area (Å²) in [5.41, 5.74) is 2.92. The van der Waals surface area contributed by atoms with Gasteiger partial charge in [-0.3, -0.25) is 0 Å². The third-order valence-corrected chi connectivity index (χ3v) is 2.88. The number of aliphatic hydroxyl groups excluding tert-OH is 1. The lowest BCUT2D eigenvalue weighted by atomic mass is 10.1. The number of nitrogens with one attached hydrogen (secondary N) is 2. The van der Waals surface area contributed by atoms with Crippen LogP contribution < -0.4 is 10.6 Å². The Balaban J connectivity index is 2.45. The first kappa shape index (κ1) is 15.5. The molecule has 4 nitrogen and oxygen atoms in total. The standard InChI is InChI=1S/C15H24N2O2/c1-10(2)7-13(18)9-16-15(19)17-14-8-11(3)5-6-12(14)4/h5-6,8,10,13,18H,7,9H2,1-4H3,(H2,16,17,19). The van der Waals surface area contributed by atoms with Crippen molar-refractivity contribution in [3.05, 3.63) is 29.3 Å². The Morgan fingerprint density at radius 3 is 2.63 bits per heavy atom. The summed E-state index contributed by atoms with van der Waals surface area (Å²) >= 11 is 0. The molecule has 0 saturated carbocycles. The van der Waals surface area contributed by atoms with E-state index in [1.165, 1.54) is 0 Å². The summed E-state index contributed by atoms with van der Waals surface area (Å²) in [6.45, 7) is 8.28. The van der Waals surface area contributed by atoms with E-state index in [0.29, 0.717) is 12.3 Å². The number of benzene rings is 1. The smallest absolute Gasteiger partial charge is 0.319 e. The summed E-state index contributed by atoms with van der Waals surface area (Å²) in [4.78, 5) is 11.7. The lowest BCUT2D eigenvalue weighted by Crippen LogP contribution is -2.35. The minimum Gasteiger partial charge on any atom is -0.391 e. The number of aryl methyl sites for hydroxylation is 2. The van der Waals surface area contributed by atoms with Gasteiger partial charge in [0.05, 0.1) is 6.10 Å². The number of aliphatic hydroxyl groups is 1. The molecule has 19 heavy (non-hydrogen) atoms. The van der Waals surface area contributed by atoms with E-state index in [1.807, 2.05) is 45.9 Å². The van der Waals surface area contributed by atoms with Crippen LogP contribution in [0, 0.1) is 19.8 Å². The molecule has 1 aromatic carbocycles. The Hall–Kier alpha value is -1.55. The zero-order valence-electron chi connectivity index (χ0n) is 12.2. The van der Waals surface area contributed by atoms with Gasteiger partial charge < -0.3 is 15.7 Å². The lowest BCUT2D eigenvalue weighted by molar-refractivity contribution is 0.148. The topological polar surface area (TPSA) is 61.4 Å². The van der Waals surface area contributed by atoms with Gasteiger partial charge in [-0.2, -0.15) is 0 Å². The van der Waals surface area contributed by atoms with E-state index < -0.39 is 6.10 Å². The van der Waals surface area contributed by atoms with Gasteiger partial charge in [-0.15, -0.1) is 0 Å². The molecule has 1 aromatic rings. The van der Waals surface area contributed by atoms with Gasteiger partial charge in [-0.05, 0) is 43.4 Å². The number of amides is 2. The molecule has 0 spiro atoms. The first-order valence-electron chi connectivity index (χ1n) is 6.68. The van der Waals surface area contributed by atoms with Crippen LogP contribution in [0.2, 0.25) is 0 Å². The van der Waals surface area contributed by atoms with E-state index >= 15 is 0 Å². The average molecular weight is 264 g/mol. The van der Waals surface area contributed by atoms with Crippen molar-refractivity contribution in [2.24, 2.45) is 5.92 Å². The minimum absolute atomic E-state index is 0.273. The second-order valence-electron chi connectivity index (χ2n) is 5.44. The summed E-state index contributed by atoms with van der Waals surface area (Å²) in [6, 6.07) is 5.62. The molecule has 0 aliphatic heterocycles. The molecule has 2 amide bonds. The number of anilines is 1. The van der Waals surface area contributed by atoms with Crippen LogP contribution in [0.3, 0.4) is 0 Å². The molecule has 1 unspecified atom stereocenters. The molecule has 0 saturated heterocycles. The highest BCUT2D eigenvalue weighted by molar-refractivity contribution is 5.90. The number of rotatable bonds is 5. The van der Waals surface area contributed by atoms with Gasteiger partial charge in [0.2, 0.25) is 0 Å². The van der Waals surface area contributed by atoms with E-state index in [-0.39, 0.29) is 12.6 Å². The molecule has 0 fully saturated rings. The third-order valence-electron chi connectivity index (χ3n) is 2.88. The fourth-order valence-electron chi connectivity index (χ4n) is 1.88. The summed E-state index contributed by atoms with van der Waals surface area (Å²) < 4.78 is 0. The van der Waals surface area contributed by atoms with Crippen LogP contribution in [-0.2, 0) is 0 Å². The molecule has 0 aliphatic carbocycles. The summed E-state index contributed by atoms with van der Waals surface area (Å²) in [5, 5.41) is 15.2. The summed E-state index contributed by atoms with van der Waals surface area (Å²) in [5.74, 6) is 0.416. The first-order chi connectivity index (χ1) is 8.88. The molecule has 0 aliphatic rings. The van der Waals surface area contributed by atoms with Crippen LogP contribution in [-0.4, -0.2) is 23.8 Å². The van der Waals surface area contributed by atoms with Crippen LogP contribution in [0.25, 0.3) is 0 Å². The number of carbonyl (C=O) groups excluding carboxylic acids is 1. The fourth-order valence-corrected chi connectivity index (χ4v) is 1.88. The zero-order chi connectivity index (χ0) is 14.4. The Labute approximate surface area is 115 Å². The van der Waals surface area contributed by atoms with Crippen molar-refractivity contribution in [2.45, 2.75) is 40.2 Å². The molecule has 0 heterocycles. The fraction of sp³-hybridized carbons (Fsp3) is 0.533. The van der Waals surface area contributed by atoms with Crippen molar-refractivity contribution in [3.8, 4) is 0 Å². The molecular formula is C15H24N2O2. The van der Waals surface area contributed by atoms with Gasteiger partial charge in [0.25, 0.3) is 0 Å². The molecular weight excluding hydrogens is 240 g/mol. The number of hydrogen-bond donors (Lipinski definition) is 3. The first-order valence-corrected chi connectivity index (χ1v) is 6.68. The zero-order valence-corrected chi connectivity index (χ0v) is 12.2. The van der Waals surface area contributed by atoms with Crippen molar-refractivity contribution >= 4 is 11.7 Å². The lowest BCUT2D eigenvalue weighted by Gasteiger charge is -2.15. The van der Waals surface area contributed by atoms with E-state index in [1.54, 1.807) is 0 Å². The maximum absolute atomic E-state index is 11.7. The van der Waals surface area contributed by atoms with Crippen LogP contribution in [0.1, 0.15) is 31.4 Å². The van der Waals surface area contributed by atoms with Crippen molar-refractivity contribution in [1.82, 2.24) is 5.32 Å². The van der Waals surface area contributed by atoms with Gasteiger partial charge in [0.15, 0.2) is 0 Å². The van der Waals surface area contributed by atoms with Crippen molar-refractivity contribution in [2.75, 3.05) is 11.9 Å². The number of hydrogen-bond acceptors (Lipinski definition) is 2. The number of urea groups is 1. The van der Waals surface area contributed by atoms with Gasteiger partial charge in [0, 0.05) is 12.2 Å². The molecule has 106 valence electrons. The molecule has 0 bridgehead atoms. The normalized spacial score (nSPS) is 12.3. The van der Waals surface area contributed by atoms with Crippen LogP contribution >= 0.6 is 0 Å². The van der Waals surface area contributed by atoms with Crippen molar-refractivity contribution in [3.63, 3.8) is 0 Å². The van der Waals surface area contributed by atoms with Gasteiger partial charge in [0.1, 0.15) is 0 Å². The molecule has 4 heteroatoms. The van der Waals surface area contributed by atoms with Crippen LogP contribution in [0.5, 0.6) is 0 Å². The average Bonchev–Trinajstić information content (AvgIpc) is 2.30. The Bertz CT molecular complexity index is 430. The van der Waals surface area contributed by atoms with Gasteiger partial charge >= 0.3 is 6.03 Å². The third kappa shape index (κ3) is 5.75. The highest BCUT2D eigenvalue weighted by Gasteiger charge is 2.09. The SMILES string of the molecule is Cc1ccc(C)c(NC(=O)NCC(O)CC(C)C)c1. The Morgan fingerprint density at radius 1 is 1.32 bits per heavy atom. The summed E-state index contributed by atoms with van der Waals surface area (Å²) in [6.07, 6.45) is 0.188. The Kier molecular flexibility index (Phi) is 5.83. The van der Waals surface area contributed by atoms with E-state index in [0.717, 1.165) is 16.8 Å². The van der Waals surface area contributed by atoms with Crippen molar-refractivity contribution in [1.29, 1.82) is 0 Å². The molecule has 0 aromatic heterocycles. The highest BCUT2D eigenvalue weighted by atomic mass is 16.3. The predicted octanol–water partition coefficient (Wildman–Crippen LogP) is 2.83. The Morgan fingerprint density at radius 2 is 2.00 bits per heavy atom. The second kappa shape index (κ2) is 7.14. The largest absolute Gasteiger partial charge is 0.391 e.